The number of aliphatic hydroxyl groups excluding tert-OH is 1. The number of hydrogen-bond donors (Lipinski definition) is 1. The molecule has 4 heteroatoms. The molecule has 0 aliphatic rings. The molecule has 1 aromatic heterocycles. The van der Waals surface area contributed by atoms with Crippen molar-refractivity contribution in [3.05, 3.63) is 66.1 Å². The predicted molar refractivity (Wildman–Crippen MR) is 95.9 cm³/mol. The number of hydrogen-bond acceptors (Lipinski definition) is 3. The van der Waals surface area contributed by atoms with Crippen molar-refractivity contribution in [2.24, 2.45) is 0 Å². The van der Waals surface area contributed by atoms with Crippen molar-refractivity contribution in [2.75, 3.05) is 0 Å². The molecule has 0 amide bonds. The highest BCUT2D eigenvalue weighted by molar-refractivity contribution is 5.62. The quantitative estimate of drug-likeness (QED) is 0.571. The van der Waals surface area contributed by atoms with Crippen molar-refractivity contribution in [3.63, 3.8) is 0 Å². The molecule has 24 heavy (non-hydrogen) atoms. The molecule has 1 heterocycles. The van der Waals surface area contributed by atoms with Crippen molar-refractivity contribution in [1.82, 2.24) is 10.2 Å². The molecule has 1 aromatic carbocycles. The standard InChI is InChI=1S/C20H23FN2O/c1-3-7-18-12-13-20(23-22-18)17-11-10-16(19(21)14-17)9-6-4-5-8-15(2)24/h3,6,9-15,24H,1,4-5,7-8H2,2H3/b9-6+. The van der Waals surface area contributed by atoms with E-state index in [1.807, 2.05) is 24.3 Å². The van der Waals surface area contributed by atoms with E-state index in [-0.39, 0.29) is 11.9 Å². The third-order valence-electron chi connectivity index (χ3n) is 3.66. The maximum Gasteiger partial charge on any atom is 0.131 e. The van der Waals surface area contributed by atoms with Gasteiger partial charge in [-0.1, -0.05) is 30.4 Å². The Hall–Kier alpha value is -2.33. The van der Waals surface area contributed by atoms with E-state index >= 15 is 0 Å². The fourth-order valence-electron chi connectivity index (χ4n) is 2.33. The summed E-state index contributed by atoms with van der Waals surface area (Å²) in [5.41, 5.74) is 2.74. The van der Waals surface area contributed by atoms with Crippen LogP contribution in [0.1, 0.15) is 37.4 Å². The van der Waals surface area contributed by atoms with Crippen LogP contribution in [0.2, 0.25) is 0 Å². The number of aliphatic hydroxyl groups is 1. The highest BCUT2D eigenvalue weighted by atomic mass is 19.1. The molecule has 0 radical (unpaired) electrons. The SMILES string of the molecule is C=CCc1ccc(-c2ccc(/C=C/CCCC(C)O)c(F)c2)nn1. The first-order chi connectivity index (χ1) is 11.6. The number of allylic oxidation sites excluding steroid dienone is 2. The monoisotopic (exact) mass is 326 g/mol. The van der Waals surface area contributed by atoms with E-state index in [9.17, 15) is 9.50 Å². The van der Waals surface area contributed by atoms with Crippen molar-refractivity contribution in [2.45, 2.75) is 38.7 Å². The molecule has 0 saturated carbocycles. The zero-order valence-corrected chi connectivity index (χ0v) is 14.0. The van der Waals surface area contributed by atoms with Gasteiger partial charge in [0.15, 0.2) is 0 Å². The van der Waals surface area contributed by atoms with E-state index in [0.717, 1.165) is 25.0 Å². The Morgan fingerprint density at radius 3 is 2.71 bits per heavy atom. The number of nitrogens with zero attached hydrogens (tertiary/aromatic N) is 2. The Morgan fingerprint density at radius 2 is 2.08 bits per heavy atom. The maximum atomic E-state index is 14.2. The zero-order valence-electron chi connectivity index (χ0n) is 14.0. The second kappa shape index (κ2) is 9.08. The van der Waals surface area contributed by atoms with E-state index in [4.69, 9.17) is 0 Å². The van der Waals surface area contributed by atoms with Crippen LogP contribution in [0.15, 0.2) is 49.1 Å². The molecule has 0 aliphatic carbocycles. The molecule has 1 unspecified atom stereocenters. The van der Waals surface area contributed by atoms with Gasteiger partial charge in [-0.25, -0.2) is 4.39 Å². The summed E-state index contributed by atoms with van der Waals surface area (Å²) in [4.78, 5) is 0. The highest BCUT2D eigenvalue weighted by Gasteiger charge is 2.05. The molecule has 0 bridgehead atoms. The minimum Gasteiger partial charge on any atom is -0.393 e. The van der Waals surface area contributed by atoms with Gasteiger partial charge in [0.05, 0.1) is 17.5 Å². The lowest BCUT2D eigenvalue weighted by Crippen LogP contribution is -1.97. The van der Waals surface area contributed by atoms with E-state index in [0.29, 0.717) is 23.2 Å². The molecular formula is C20H23FN2O. The fraction of sp³-hybridized carbons (Fsp3) is 0.300. The first-order valence-corrected chi connectivity index (χ1v) is 8.18. The van der Waals surface area contributed by atoms with Gasteiger partial charge in [-0.2, -0.15) is 10.2 Å². The topological polar surface area (TPSA) is 46.0 Å². The van der Waals surface area contributed by atoms with Crippen molar-refractivity contribution >= 4 is 6.08 Å². The molecule has 126 valence electrons. The summed E-state index contributed by atoms with van der Waals surface area (Å²) in [7, 11) is 0. The average Bonchev–Trinajstić information content (AvgIpc) is 2.56. The largest absolute Gasteiger partial charge is 0.393 e. The van der Waals surface area contributed by atoms with Gasteiger partial charge in [-0.3, -0.25) is 0 Å². The second-order valence-corrected chi connectivity index (χ2v) is 5.82. The number of benzene rings is 1. The van der Waals surface area contributed by atoms with Crippen LogP contribution in [0, 0.1) is 5.82 Å². The van der Waals surface area contributed by atoms with Crippen molar-refractivity contribution in [3.8, 4) is 11.3 Å². The molecule has 0 saturated heterocycles. The van der Waals surface area contributed by atoms with Gasteiger partial charge in [0, 0.05) is 17.5 Å². The average molecular weight is 326 g/mol. The highest BCUT2D eigenvalue weighted by Crippen LogP contribution is 2.21. The van der Waals surface area contributed by atoms with Crippen molar-refractivity contribution in [1.29, 1.82) is 0 Å². The maximum absolute atomic E-state index is 14.2. The van der Waals surface area contributed by atoms with Crippen LogP contribution in [-0.2, 0) is 6.42 Å². The van der Waals surface area contributed by atoms with Gasteiger partial charge < -0.3 is 5.11 Å². The van der Waals surface area contributed by atoms with Gasteiger partial charge in [0.1, 0.15) is 5.82 Å². The van der Waals surface area contributed by atoms with Crippen LogP contribution in [0.25, 0.3) is 17.3 Å². The Morgan fingerprint density at radius 1 is 1.25 bits per heavy atom. The Kier molecular flexibility index (Phi) is 6.82. The van der Waals surface area contributed by atoms with Crippen LogP contribution < -0.4 is 0 Å². The van der Waals surface area contributed by atoms with Crippen LogP contribution in [0.3, 0.4) is 0 Å². The Labute approximate surface area is 142 Å². The zero-order chi connectivity index (χ0) is 17.4. The third-order valence-corrected chi connectivity index (χ3v) is 3.66. The van der Waals surface area contributed by atoms with E-state index < -0.39 is 0 Å². The minimum absolute atomic E-state index is 0.281. The van der Waals surface area contributed by atoms with Gasteiger partial charge in [-0.15, -0.1) is 6.58 Å². The van der Waals surface area contributed by atoms with E-state index in [2.05, 4.69) is 16.8 Å². The summed E-state index contributed by atoms with van der Waals surface area (Å²) >= 11 is 0. The molecule has 3 nitrogen and oxygen atoms in total. The summed E-state index contributed by atoms with van der Waals surface area (Å²) in [6, 6.07) is 8.78. The predicted octanol–water partition coefficient (Wildman–Crippen LogP) is 4.58. The van der Waals surface area contributed by atoms with E-state index in [1.165, 1.54) is 6.07 Å². The van der Waals surface area contributed by atoms with Gasteiger partial charge >= 0.3 is 0 Å². The normalized spacial score (nSPS) is 12.5. The summed E-state index contributed by atoms with van der Waals surface area (Å²) in [6.45, 7) is 5.44. The minimum atomic E-state index is -0.284. The number of unbranched alkanes of at least 4 members (excludes halogenated alkanes) is 1. The van der Waals surface area contributed by atoms with Gasteiger partial charge in [-0.05, 0) is 44.4 Å². The number of halogens is 1. The molecule has 0 fully saturated rings. The van der Waals surface area contributed by atoms with Crippen molar-refractivity contribution < 1.29 is 9.50 Å². The number of aromatic nitrogens is 2. The summed E-state index contributed by atoms with van der Waals surface area (Å²) in [6.07, 6.45) is 8.33. The summed E-state index contributed by atoms with van der Waals surface area (Å²) in [5, 5.41) is 17.4. The lowest BCUT2D eigenvalue weighted by Gasteiger charge is -2.04. The first-order valence-electron chi connectivity index (χ1n) is 8.18. The first kappa shape index (κ1) is 18.0. The van der Waals surface area contributed by atoms with Gasteiger partial charge in [0.2, 0.25) is 0 Å². The molecular weight excluding hydrogens is 303 g/mol. The molecule has 2 rings (SSSR count). The Balaban J connectivity index is 2.03. The smallest absolute Gasteiger partial charge is 0.131 e. The molecule has 2 aromatic rings. The Bertz CT molecular complexity index is 693. The number of rotatable bonds is 8. The lowest BCUT2D eigenvalue weighted by molar-refractivity contribution is 0.182. The summed E-state index contributed by atoms with van der Waals surface area (Å²) in [5.74, 6) is -0.281. The van der Waals surface area contributed by atoms with Gasteiger partial charge in [0.25, 0.3) is 0 Å². The second-order valence-electron chi connectivity index (χ2n) is 5.82. The van der Waals surface area contributed by atoms with E-state index in [1.54, 1.807) is 25.1 Å². The summed E-state index contributed by atoms with van der Waals surface area (Å²) < 4.78 is 14.2. The van der Waals surface area contributed by atoms with Crippen LogP contribution in [-0.4, -0.2) is 21.4 Å². The molecule has 1 N–H and O–H groups in total. The van der Waals surface area contributed by atoms with Crippen LogP contribution in [0.5, 0.6) is 0 Å². The fourth-order valence-corrected chi connectivity index (χ4v) is 2.33. The van der Waals surface area contributed by atoms with Crippen LogP contribution >= 0.6 is 0 Å². The molecule has 1 atom stereocenters. The molecule has 0 aliphatic heterocycles. The lowest BCUT2D eigenvalue weighted by atomic mass is 10.1. The van der Waals surface area contributed by atoms with Crippen LogP contribution in [0.4, 0.5) is 4.39 Å². The molecule has 0 spiro atoms. The third kappa shape index (κ3) is 5.39.